The van der Waals surface area contributed by atoms with Crippen molar-refractivity contribution in [2.75, 3.05) is 13.2 Å². The second kappa shape index (κ2) is 14.4. The van der Waals surface area contributed by atoms with Gasteiger partial charge < -0.3 is 28.6 Å². The first kappa shape index (κ1) is 32.8. The van der Waals surface area contributed by atoms with Crippen LogP contribution in [-0.2, 0) is 34.6 Å². The highest BCUT2D eigenvalue weighted by Crippen LogP contribution is 2.56. The molecule has 4 aromatic rings. The summed E-state index contributed by atoms with van der Waals surface area (Å²) in [5.41, 5.74) is 4.05. The number of benzene rings is 4. The highest BCUT2D eigenvalue weighted by molar-refractivity contribution is 14.1. The molecule has 2 heterocycles. The van der Waals surface area contributed by atoms with Crippen LogP contribution in [0.25, 0.3) is 0 Å². The molecule has 0 bridgehead atoms. The lowest BCUT2D eigenvalue weighted by Crippen LogP contribution is -2.44. The fourth-order valence-electron chi connectivity index (χ4n) is 6.71. The first-order chi connectivity index (χ1) is 23.9. The van der Waals surface area contributed by atoms with Crippen molar-refractivity contribution in [3.8, 4) is 17.2 Å². The third-order valence-corrected chi connectivity index (χ3v) is 9.93. The molecular formula is C40H36INO7. The Hall–Kier alpha value is -4.77. The van der Waals surface area contributed by atoms with Gasteiger partial charge in [0.25, 0.3) is 0 Å². The summed E-state index contributed by atoms with van der Waals surface area (Å²) in [6, 6.07) is 29.0. The molecular weight excluding hydrogens is 733 g/mol. The molecule has 49 heavy (non-hydrogen) atoms. The Labute approximate surface area is 299 Å². The number of halogens is 1. The van der Waals surface area contributed by atoms with Gasteiger partial charge in [0.2, 0.25) is 0 Å². The van der Waals surface area contributed by atoms with Crippen LogP contribution < -0.4 is 14.2 Å². The normalized spacial score (nSPS) is 20.2. The van der Waals surface area contributed by atoms with Gasteiger partial charge in [-0.25, -0.2) is 9.59 Å². The van der Waals surface area contributed by atoms with E-state index >= 15 is 0 Å². The summed E-state index contributed by atoms with van der Waals surface area (Å²) in [6.07, 6.45) is 5.54. The average molecular weight is 770 g/mol. The van der Waals surface area contributed by atoms with Gasteiger partial charge in [-0.15, -0.1) is 0 Å². The quantitative estimate of drug-likeness (QED) is 0.0915. The van der Waals surface area contributed by atoms with Crippen LogP contribution >= 0.6 is 22.6 Å². The van der Waals surface area contributed by atoms with Gasteiger partial charge in [0.05, 0.1) is 11.0 Å². The Bertz CT molecular complexity index is 1860. The molecule has 0 N–H and O–H groups in total. The van der Waals surface area contributed by atoms with E-state index in [0.29, 0.717) is 56.2 Å². The fourth-order valence-corrected chi connectivity index (χ4v) is 7.07. The highest BCUT2D eigenvalue weighted by atomic mass is 127. The predicted octanol–water partition coefficient (Wildman–Crippen LogP) is 8.16. The van der Waals surface area contributed by atoms with Gasteiger partial charge >= 0.3 is 12.1 Å². The van der Waals surface area contributed by atoms with Crippen LogP contribution in [0.3, 0.4) is 0 Å². The number of esters is 1. The van der Waals surface area contributed by atoms with Crippen LogP contribution in [0.4, 0.5) is 4.79 Å². The van der Waals surface area contributed by atoms with Crippen LogP contribution in [0.5, 0.6) is 17.2 Å². The maximum atomic E-state index is 13.0. The van der Waals surface area contributed by atoms with Gasteiger partial charge in [-0.2, -0.15) is 0 Å². The summed E-state index contributed by atoms with van der Waals surface area (Å²) in [4.78, 5) is 27.6. The van der Waals surface area contributed by atoms with Gasteiger partial charge in [-0.05, 0) is 94.2 Å². The molecule has 1 spiro atoms. The van der Waals surface area contributed by atoms with Crippen molar-refractivity contribution in [3.05, 3.63) is 147 Å². The average Bonchev–Trinajstić information content (AvgIpc) is 3.37. The summed E-state index contributed by atoms with van der Waals surface area (Å²) in [5, 5.41) is 0. The van der Waals surface area contributed by atoms with Crippen LogP contribution in [0.1, 0.15) is 45.5 Å². The van der Waals surface area contributed by atoms with E-state index in [9.17, 15) is 9.59 Å². The molecule has 0 saturated carbocycles. The zero-order valence-electron chi connectivity index (χ0n) is 26.9. The SMILES string of the molecule is C=CCOC(=O)N1CC[C@@]23C=C[C@H](OC(=O)c4ccccc4)C[C@@H]2Oc2c(OCc4ccc(OCc5ccc(I)cc5)cc4)ccc(c23)C1. The molecule has 3 aliphatic rings. The van der Waals surface area contributed by atoms with Crippen LogP contribution in [-0.4, -0.2) is 42.3 Å². The molecule has 7 rings (SSSR count). The molecule has 2 aliphatic heterocycles. The van der Waals surface area contributed by atoms with Crippen molar-refractivity contribution in [1.29, 1.82) is 0 Å². The molecule has 0 unspecified atom stereocenters. The Morgan fingerprint density at radius 2 is 1.67 bits per heavy atom. The van der Waals surface area contributed by atoms with Crippen molar-refractivity contribution < 1.29 is 33.3 Å². The maximum absolute atomic E-state index is 13.0. The molecule has 3 atom stereocenters. The minimum atomic E-state index is -0.525. The van der Waals surface area contributed by atoms with E-state index in [1.165, 1.54) is 3.57 Å². The maximum Gasteiger partial charge on any atom is 0.410 e. The number of ether oxygens (including phenoxy) is 5. The van der Waals surface area contributed by atoms with Crippen LogP contribution in [0.15, 0.2) is 116 Å². The molecule has 4 aromatic carbocycles. The summed E-state index contributed by atoms with van der Waals surface area (Å²) < 4.78 is 31.6. The first-order valence-electron chi connectivity index (χ1n) is 16.3. The lowest BCUT2D eigenvalue weighted by Gasteiger charge is -2.36. The topological polar surface area (TPSA) is 83.5 Å². The predicted molar refractivity (Wildman–Crippen MR) is 193 cm³/mol. The summed E-state index contributed by atoms with van der Waals surface area (Å²) >= 11 is 2.29. The minimum absolute atomic E-state index is 0.144. The molecule has 0 fully saturated rings. The highest BCUT2D eigenvalue weighted by Gasteiger charge is 2.54. The van der Waals surface area contributed by atoms with Gasteiger partial charge in [0, 0.05) is 28.6 Å². The summed E-state index contributed by atoms with van der Waals surface area (Å²) in [6.45, 7) is 5.48. The smallest absolute Gasteiger partial charge is 0.410 e. The van der Waals surface area contributed by atoms with E-state index in [2.05, 4.69) is 59.5 Å². The Morgan fingerprint density at radius 1 is 0.939 bits per heavy atom. The molecule has 250 valence electrons. The first-order valence-corrected chi connectivity index (χ1v) is 17.4. The number of carbonyl (C=O) groups excluding carboxylic acids is 2. The van der Waals surface area contributed by atoms with Crippen molar-refractivity contribution in [2.24, 2.45) is 0 Å². The van der Waals surface area contributed by atoms with Crippen molar-refractivity contribution in [1.82, 2.24) is 4.90 Å². The van der Waals surface area contributed by atoms with Gasteiger partial charge in [0.1, 0.15) is 37.8 Å². The molecule has 8 nitrogen and oxygen atoms in total. The Morgan fingerprint density at radius 3 is 2.43 bits per heavy atom. The number of nitrogens with zero attached hydrogens (tertiary/aromatic N) is 1. The van der Waals surface area contributed by atoms with E-state index in [4.69, 9.17) is 23.7 Å². The van der Waals surface area contributed by atoms with E-state index in [1.54, 1.807) is 23.1 Å². The molecule has 0 radical (unpaired) electrons. The summed E-state index contributed by atoms with van der Waals surface area (Å²) in [7, 11) is 0. The lowest BCUT2D eigenvalue weighted by atomic mass is 9.69. The number of rotatable bonds is 10. The van der Waals surface area contributed by atoms with E-state index in [0.717, 1.165) is 28.0 Å². The second-order valence-electron chi connectivity index (χ2n) is 12.4. The van der Waals surface area contributed by atoms with Crippen molar-refractivity contribution in [2.45, 2.75) is 50.2 Å². The third-order valence-electron chi connectivity index (χ3n) is 9.21. The minimum Gasteiger partial charge on any atom is -0.489 e. The van der Waals surface area contributed by atoms with E-state index in [1.807, 2.05) is 60.7 Å². The van der Waals surface area contributed by atoms with Gasteiger partial charge in [0.15, 0.2) is 11.5 Å². The van der Waals surface area contributed by atoms with Gasteiger partial charge in [-0.1, -0.05) is 67.3 Å². The lowest BCUT2D eigenvalue weighted by molar-refractivity contribution is 0.0213. The third kappa shape index (κ3) is 7.03. The number of hydrogen-bond donors (Lipinski definition) is 0. The second-order valence-corrected chi connectivity index (χ2v) is 13.6. The molecule has 0 saturated heterocycles. The van der Waals surface area contributed by atoms with Crippen molar-refractivity contribution >= 4 is 34.7 Å². The standard InChI is InChI=1S/C40H36INO7/c1-2-22-45-39(44)42-21-20-40-19-18-33(48-38(43)29-6-4-3-5-7-29)23-35(40)49-37-34(17-12-30(24-42)36(37)40)47-26-28-10-15-32(16-11-28)46-25-27-8-13-31(41)14-9-27/h2-19,33,35H,1,20-26H2/t33-,35-,40-/m0/s1. The largest absolute Gasteiger partial charge is 0.489 e. The molecule has 0 aromatic heterocycles. The molecule has 1 aliphatic carbocycles. The molecule has 9 heteroatoms. The van der Waals surface area contributed by atoms with Crippen LogP contribution in [0.2, 0.25) is 0 Å². The number of amides is 1. The zero-order chi connectivity index (χ0) is 33.8. The molecule has 1 amide bonds. The monoisotopic (exact) mass is 769 g/mol. The van der Waals surface area contributed by atoms with Crippen LogP contribution in [0, 0.1) is 3.57 Å². The van der Waals surface area contributed by atoms with Gasteiger partial charge in [-0.3, -0.25) is 0 Å². The number of hydrogen-bond acceptors (Lipinski definition) is 7. The van der Waals surface area contributed by atoms with Crippen molar-refractivity contribution in [3.63, 3.8) is 0 Å². The Kier molecular flexibility index (Phi) is 9.61. The fraction of sp³-hybridized carbons (Fsp3) is 0.250. The number of carbonyl (C=O) groups is 2. The zero-order valence-corrected chi connectivity index (χ0v) is 29.0. The van der Waals surface area contributed by atoms with E-state index in [-0.39, 0.29) is 24.8 Å². The summed E-state index contributed by atoms with van der Waals surface area (Å²) in [5.74, 6) is 1.70. The van der Waals surface area contributed by atoms with E-state index < -0.39 is 11.5 Å². The Balaban J connectivity index is 1.10.